The van der Waals surface area contributed by atoms with Gasteiger partial charge in [-0.15, -0.1) is 6.58 Å². The highest BCUT2D eigenvalue weighted by Crippen LogP contribution is 2.42. The zero-order valence-corrected chi connectivity index (χ0v) is 31.2. The van der Waals surface area contributed by atoms with Crippen LogP contribution in [0.15, 0.2) is 43.5 Å². The number of fused-ring (bicyclic) bond motifs is 1. The van der Waals surface area contributed by atoms with Crippen LogP contribution in [0.5, 0.6) is 11.6 Å². The number of carbonyl (C=O) groups is 3. The monoisotopic (exact) mass is 713 g/mol. The van der Waals surface area contributed by atoms with Gasteiger partial charge in [-0.05, 0) is 76.0 Å². The lowest BCUT2D eigenvalue weighted by Gasteiger charge is -2.35. The fraction of sp³-hybridized carbons (Fsp3) is 0.615. The number of alkyl halides is 2. The van der Waals surface area contributed by atoms with E-state index in [1.807, 2.05) is 33.8 Å². The average Bonchev–Trinajstić information content (AvgIpc) is 3.69. The molecule has 0 unspecified atom stereocenters. The zero-order chi connectivity index (χ0) is 37.9. The minimum Gasteiger partial charge on any atom is -0.497 e. The predicted octanol–water partition coefficient (Wildman–Crippen LogP) is 7.58. The molecule has 0 N–H and O–H groups in total. The number of nitrogens with zero attached hydrogens (tertiary/aromatic N) is 3. The Labute approximate surface area is 300 Å². The second-order valence-electron chi connectivity index (χ2n) is 15.6. The maximum absolute atomic E-state index is 15.4. The third-order valence-corrected chi connectivity index (χ3v) is 9.42. The summed E-state index contributed by atoms with van der Waals surface area (Å²) >= 11 is 0. The molecule has 2 aromatic rings. The Kier molecular flexibility index (Phi) is 12.2. The van der Waals surface area contributed by atoms with Crippen LogP contribution in [-0.2, 0) is 29.8 Å². The zero-order valence-electron chi connectivity index (χ0n) is 31.2. The lowest BCUT2D eigenvalue weighted by molar-refractivity contribution is -0.167. The molecular formula is C39H53F2N3O7. The maximum Gasteiger partial charge on any atom is 0.329 e. The fourth-order valence-corrected chi connectivity index (χ4v) is 6.60. The molecule has 1 saturated heterocycles. The molecule has 1 aromatic carbocycles. The lowest BCUT2D eigenvalue weighted by atomic mass is 9.77. The molecule has 1 aliphatic carbocycles. The summed E-state index contributed by atoms with van der Waals surface area (Å²) in [6.07, 6.45) is 4.44. The second-order valence-corrected chi connectivity index (χ2v) is 15.6. The number of carbonyl (C=O) groups excluding carboxylic acids is 3. The van der Waals surface area contributed by atoms with Gasteiger partial charge >= 0.3 is 17.9 Å². The van der Waals surface area contributed by atoms with Gasteiger partial charge in [0.05, 0.1) is 37.0 Å². The molecule has 1 saturated carbocycles. The number of rotatable bonds is 15. The first-order valence-corrected chi connectivity index (χ1v) is 17.7. The standard InChI is InChI=1S/C39H53F2N3O7/c1-11-14-16-23-19-29(23)49-31(45)21-26(37(4,5)6)35(46)44-22-30(25(15-12-2)32(44)36(47)51-38(7,8)9)50-34-33(39(40,41)13-3)42-27-18-17-24(48-10)20-28(27)43-34/h11,13,17-18,20,23,25-26,29-30,32H,1,3,12,14-16,19,21-22H2,2,4-10H3/t23-,25-,26-,29-,30+,32+/m1/s1. The van der Waals surface area contributed by atoms with E-state index in [0.717, 1.165) is 19.3 Å². The first-order chi connectivity index (χ1) is 23.8. The number of ether oxygens (including phenoxy) is 4. The number of allylic oxidation sites excluding steroid dienone is 2. The first-order valence-electron chi connectivity index (χ1n) is 17.7. The smallest absolute Gasteiger partial charge is 0.329 e. The molecule has 12 heteroatoms. The van der Waals surface area contributed by atoms with Gasteiger partial charge in [0.15, 0.2) is 5.69 Å². The topological polar surface area (TPSA) is 117 Å². The van der Waals surface area contributed by atoms with Crippen LogP contribution in [0, 0.1) is 23.2 Å². The predicted molar refractivity (Wildman–Crippen MR) is 189 cm³/mol. The summed E-state index contributed by atoms with van der Waals surface area (Å²) < 4.78 is 54.0. The van der Waals surface area contributed by atoms with Gasteiger partial charge in [-0.3, -0.25) is 9.59 Å². The Balaban J connectivity index is 1.73. The molecule has 280 valence electrons. The summed E-state index contributed by atoms with van der Waals surface area (Å²) in [5.41, 5.74) is -1.89. The van der Waals surface area contributed by atoms with E-state index in [0.29, 0.717) is 24.7 Å². The quantitative estimate of drug-likeness (QED) is 0.136. The van der Waals surface area contributed by atoms with E-state index in [9.17, 15) is 14.4 Å². The van der Waals surface area contributed by atoms with Crippen molar-refractivity contribution >= 4 is 28.9 Å². The number of halogens is 2. The van der Waals surface area contributed by atoms with Crippen molar-refractivity contribution in [3.63, 3.8) is 0 Å². The molecule has 4 rings (SSSR count). The van der Waals surface area contributed by atoms with E-state index in [-0.39, 0.29) is 36.0 Å². The Hall–Kier alpha value is -4.09. The second kappa shape index (κ2) is 15.7. The molecule has 2 heterocycles. The number of likely N-dealkylation sites (tertiary alicyclic amines) is 1. The number of esters is 2. The van der Waals surface area contributed by atoms with Crippen molar-refractivity contribution in [1.82, 2.24) is 14.9 Å². The van der Waals surface area contributed by atoms with E-state index >= 15 is 8.78 Å². The van der Waals surface area contributed by atoms with Crippen LogP contribution in [0.4, 0.5) is 8.78 Å². The molecule has 1 aliphatic heterocycles. The van der Waals surface area contributed by atoms with Crippen LogP contribution in [0.3, 0.4) is 0 Å². The molecule has 2 fully saturated rings. The molecule has 1 amide bonds. The van der Waals surface area contributed by atoms with Crippen LogP contribution >= 0.6 is 0 Å². The highest BCUT2D eigenvalue weighted by Gasteiger charge is 2.53. The first kappa shape index (κ1) is 39.7. The highest BCUT2D eigenvalue weighted by atomic mass is 19.3. The van der Waals surface area contributed by atoms with Crippen LogP contribution in [0.1, 0.15) is 92.7 Å². The van der Waals surface area contributed by atoms with Gasteiger partial charge in [-0.2, -0.15) is 8.78 Å². The normalized spacial score (nSPS) is 22.6. The third-order valence-electron chi connectivity index (χ3n) is 9.42. The fourth-order valence-electron chi connectivity index (χ4n) is 6.60. The summed E-state index contributed by atoms with van der Waals surface area (Å²) in [5.74, 6) is -6.46. The van der Waals surface area contributed by atoms with Crippen molar-refractivity contribution in [2.45, 2.75) is 117 Å². The molecule has 2 aliphatic rings. The van der Waals surface area contributed by atoms with Gasteiger partial charge in [0, 0.05) is 12.0 Å². The van der Waals surface area contributed by atoms with Gasteiger partial charge in [0.25, 0.3) is 0 Å². The van der Waals surface area contributed by atoms with Crippen molar-refractivity contribution in [2.75, 3.05) is 13.7 Å². The summed E-state index contributed by atoms with van der Waals surface area (Å²) in [4.78, 5) is 52.0. The average molecular weight is 714 g/mol. The molecule has 0 radical (unpaired) electrons. The summed E-state index contributed by atoms with van der Waals surface area (Å²) in [7, 11) is 1.47. The number of benzene rings is 1. The largest absolute Gasteiger partial charge is 0.497 e. The molecule has 1 aromatic heterocycles. The Morgan fingerprint density at radius 2 is 1.75 bits per heavy atom. The number of hydrogen-bond acceptors (Lipinski definition) is 9. The summed E-state index contributed by atoms with van der Waals surface area (Å²) in [6, 6.07) is 3.54. The van der Waals surface area contributed by atoms with Gasteiger partial charge < -0.3 is 23.8 Å². The van der Waals surface area contributed by atoms with Crippen molar-refractivity contribution < 1.29 is 42.1 Å². The molecule has 6 atom stereocenters. The third kappa shape index (κ3) is 9.62. The SMILES string of the molecule is C=CCC[C@@H]1C[C@H]1OC(=O)C[C@H](C(=O)N1C[C@H](Oc2nc3cc(OC)ccc3nc2C(F)(F)C=C)[C@@H](CCC)[C@H]1C(=O)OC(C)(C)C)C(C)(C)C. The van der Waals surface area contributed by atoms with Gasteiger partial charge in [0.1, 0.15) is 29.6 Å². The minimum atomic E-state index is -3.61. The van der Waals surface area contributed by atoms with Crippen molar-refractivity contribution in [3.05, 3.63) is 49.2 Å². The van der Waals surface area contributed by atoms with E-state index in [1.54, 1.807) is 32.9 Å². The summed E-state index contributed by atoms with van der Waals surface area (Å²) in [6.45, 7) is 19.6. The number of hydrogen-bond donors (Lipinski definition) is 0. The highest BCUT2D eigenvalue weighted by molar-refractivity contribution is 5.90. The van der Waals surface area contributed by atoms with E-state index in [1.165, 1.54) is 18.1 Å². The Morgan fingerprint density at radius 3 is 2.33 bits per heavy atom. The van der Waals surface area contributed by atoms with Crippen LogP contribution < -0.4 is 9.47 Å². The van der Waals surface area contributed by atoms with Gasteiger partial charge in [-0.1, -0.05) is 46.8 Å². The molecule has 10 nitrogen and oxygen atoms in total. The number of aromatic nitrogens is 2. The van der Waals surface area contributed by atoms with Crippen LogP contribution in [0.25, 0.3) is 11.0 Å². The number of amides is 1. The molecule has 0 bridgehead atoms. The van der Waals surface area contributed by atoms with Crippen molar-refractivity contribution in [1.29, 1.82) is 0 Å². The van der Waals surface area contributed by atoms with Crippen molar-refractivity contribution in [2.24, 2.45) is 23.2 Å². The van der Waals surface area contributed by atoms with E-state index in [4.69, 9.17) is 18.9 Å². The van der Waals surface area contributed by atoms with Gasteiger partial charge in [-0.25, -0.2) is 14.8 Å². The summed E-state index contributed by atoms with van der Waals surface area (Å²) in [5, 5.41) is 0. The molecule has 51 heavy (non-hydrogen) atoms. The Morgan fingerprint density at radius 1 is 1.04 bits per heavy atom. The number of methoxy groups -OCH3 is 1. The lowest BCUT2D eigenvalue weighted by Crippen LogP contribution is -2.50. The van der Waals surface area contributed by atoms with Crippen LogP contribution in [-0.4, -0.2) is 70.2 Å². The molecular weight excluding hydrogens is 660 g/mol. The van der Waals surface area contributed by atoms with E-state index in [2.05, 4.69) is 23.1 Å². The van der Waals surface area contributed by atoms with Crippen LogP contribution in [0.2, 0.25) is 0 Å². The minimum absolute atomic E-state index is 0.141. The molecule has 0 spiro atoms. The van der Waals surface area contributed by atoms with Gasteiger partial charge in [0.2, 0.25) is 11.8 Å². The maximum atomic E-state index is 15.4. The van der Waals surface area contributed by atoms with Crippen molar-refractivity contribution in [3.8, 4) is 11.6 Å². The Bertz CT molecular complexity index is 1620. The van der Waals surface area contributed by atoms with E-state index < -0.39 is 70.3 Å².